The molecule has 0 aliphatic carbocycles. The number of hydrogen-bond donors (Lipinski definition) is 1. The van der Waals surface area contributed by atoms with E-state index in [1.165, 1.54) is 5.56 Å². The molecule has 30 heavy (non-hydrogen) atoms. The Kier molecular flexibility index (Phi) is 6.17. The van der Waals surface area contributed by atoms with E-state index in [0.717, 1.165) is 43.6 Å². The van der Waals surface area contributed by atoms with Crippen LogP contribution in [0, 0.1) is 11.3 Å². The number of carbonyl (C=O) groups is 1. The molecule has 2 fully saturated rings. The van der Waals surface area contributed by atoms with Crippen LogP contribution in [0.2, 0.25) is 0 Å². The van der Waals surface area contributed by atoms with E-state index in [1.54, 1.807) is 0 Å². The van der Waals surface area contributed by atoms with E-state index in [9.17, 15) is 9.90 Å². The van der Waals surface area contributed by atoms with Crippen LogP contribution in [-0.2, 0) is 4.79 Å². The minimum Gasteiger partial charge on any atom is -0.395 e. The molecular weight excluding hydrogens is 374 g/mol. The van der Waals surface area contributed by atoms with E-state index in [1.807, 2.05) is 36.1 Å². The molecule has 5 nitrogen and oxygen atoms in total. The number of hydrogen-bond acceptors (Lipinski definition) is 4. The summed E-state index contributed by atoms with van der Waals surface area (Å²) in [5, 5.41) is 19.2. The number of fused-ring (bicyclic) bond motifs is 1. The Labute approximate surface area is 178 Å². The molecule has 1 amide bonds. The van der Waals surface area contributed by atoms with Gasteiger partial charge in [-0.3, -0.25) is 9.69 Å². The highest BCUT2D eigenvalue weighted by molar-refractivity contribution is 5.76. The molecule has 2 aromatic rings. The predicted octanol–water partition coefficient (Wildman–Crippen LogP) is 3.39. The molecule has 0 unspecified atom stereocenters. The zero-order chi connectivity index (χ0) is 21.1. The van der Waals surface area contributed by atoms with Crippen molar-refractivity contribution in [3.8, 4) is 17.2 Å². The molecule has 1 N–H and O–H groups in total. The van der Waals surface area contributed by atoms with Gasteiger partial charge in [0.15, 0.2) is 0 Å². The summed E-state index contributed by atoms with van der Waals surface area (Å²) < 4.78 is 0. The van der Waals surface area contributed by atoms with Gasteiger partial charge in [-0.25, -0.2) is 0 Å². The number of aliphatic hydroxyl groups is 1. The number of rotatable bonds is 4. The summed E-state index contributed by atoms with van der Waals surface area (Å²) in [6, 6.07) is 18.7. The number of nitrogens with zero attached hydrogens (tertiary/aromatic N) is 3. The zero-order valence-electron chi connectivity index (χ0n) is 17.5. The van der Waals surface area contributed by atoms with Gasteiger partial charge >= 0.3 is 0 Å². The van der Waals surface area contributed by atoms with E-state index >= 15 is 0 Å². The summed E-state index contributed by atoms with van der Waals surface area (Å²) in [4.78, 5) is 16.8. The van der Waals surface area contributed by atoms with Crippen LogP contribution in [-0.4, -0.2) is 59.1 Å². The summed E-state index contributed by atoms with van der Waals surface area (Å²) in [5.74, 6) is 0.440. The van der Waals surface area contributed by atoms with Gasteiger partial charge in [-0.2, -0.15) is 5.26 Å². The van der Waals surface area contributed by atoms with Gasteiger partial charge in [0.05, 0.1) is 18.2 Å². The second-order valence-electron chi connectivity index (χ2n) is 8.30. The lowest BCUT2D eigenvalue weighted by atomic mass is 9.74. The Hall–Kier alpha value is -2.68. The van der Waals surface area contributed by atoms with Gasteiger partial charge in [-0.05, 0) is 48.2 Å². The summed E-state index contributed by atoms with van der Waals surface area (Å²) in [6.45, 7) is 4.61. The van der Waals surface area contributed by atoms with E-state index < -0.39 is 0 Å². The normalized spacial score (nSPS) is 24.2. The van der Waals surface area contributed by atoms with Crippen LogP contribution in [0.3, 0.4) is 0 Å². The highest BCUT2D eigenvalue weighted by atomic mass is 16.3. The highest BCUT2D eigenvalue weighted by Gasteiger charge is 2.49. The van der Waals surface area contributed by atoms with Gasteiger partial charge in [0, 0.05) is 37.5 Å². The highest BCUT2D eigenvalue weighted by Crippen LogP contribution is 2.42. The molecule has 2 heterocycles. The molecular formula is C25H29N3O2. The van der Waals surface area contributed by atoms with Crippen LogP contribution >= 0.6 is 0 Å². The quantitative estimate of drug-likeness (QED) is 0.850. The van der Waals surface area contributed by atoms with Gasteiger partial charge < -0.3 is 10.0 Å². The third-order valence-corrected chi connectivity index (χ3v) is 6.65. The average molecular weight is 404 g/mol. The van der Waals surface area contributed by atoms with Crippen molar-refractivity contribution in [2.24, 2.45) is 0 Å². The molecule has 0 spiro atoms. The smallest absolute Gasteiger partial charge is 0.222 e. The van der Waals surface area contributed by atoms with Crippen LogP contribution in [0.15, 0.2) is 48.5 Å². The van der Waals surface area contributed by atoms with Crippen molar-refractivity contribution in [2.45, 2.75) is 44.2 Å². The van der Waals surface area contributed by atoms with E-state index in [0.29, 0.717) is 12.0 Å². The number of aliphatic hydroxyl groups excluding tert-OH is 1. The van der Waals surface area contributed by atoms with Crippen molar-refractivity contribution in [1.82, 2.24) is 9.80 Å². The van der Waals surface area contributed by atoms with E-state index in [-0.39, 0.29) is 30.5 Å². The molecule has 0 saturated carbocycles. The maximum Gasteiger partial charge on any atom is 0.222 e. The maximum atomic E-state index is 12.4. The van der Waals surface area contributed by atoms with Crippen LogP contribution in [0.4, 0.5) is 0 Å². The second-order valence-corrected chi connectivity index (χ2v) is 8.30. The van der Waals surface area contributed by atoms with Crippen molar-refractivity contribution >= 4 is 5.91 Å². The Morgan fingerprint density at radius 3 is 2.60 bits per heavy atom. The van der Waals surface area contributed by atoms with Crippen molar-refractivity contribution in [2.75, 3.05) is 26.2 Å². The first-order valence-electron chi connectivity index (χ1n) is 10.9. The van der Waals surface area contributed by atoms with Crippen LogP contribution in [0.25, 0.3) is 11.1 Å². The molecule has 0 aromatic heterocycles. The third-order valence-electron chi connectivity index (χ3n) is 6.65. The molecule has 0 bridgehead atoms. The fourth-order valence-electron chi connectivity index (χ4n) is 5.06. The molecule has 3 atom stereocenters. The standard InChI is InChI=1S/C25H29N3O2/c1-2-24(30)27-12-3-4-13-28-22(16-27)25(23(28)17-29)20-10-8-19(9-11-20)21-7-5-6-18(14-21)15-26/h5-11,14,22-23,25,29H,2-4,12-13,16-17H2,1H3/t22-,23-,25-/m1/s1. The van der Waals surface area contributed by atoms with Gasteiger partial charge in [0.25, 0.3) is 0 Å². The fourth-order valence-corrected chi connectivity index (χ4v) is 5.06. The molecule has 2 aromatic carbocycles. The molecule has 2 saturated heterocycles. The minimum atomic E-state index is 0.111. The SMILES string of the molecule is CCC(=O)N1CCCCN2[C@H](CO)[C@H](c3ccc(-c4cccc(C#N)c4)cc3)[C@H]2C1. The molecule has 0 radical (unpaired) electrons. The predicted molar refractivity (Wildman–Crippen MR) is 117 cm³/mol. The molecule has 2 aliphatic heterocycles. The Morgan fingerprint density at radius 2 is 1.90 bits per heavy atom. The van der Waals surface area contributed by atoms with Gasteiger partial charge in [-0.1, -0.05) is 43.3 Å². The first-order chi connectivity index (χ1) is 14.7. The topological polar surface area (TPSA) is 67.6 Å². The monoisotopic (exact) mass is 403 g/mol. The maximum absolute atomic E-state index is 12.4. The lowest BCUT2D eigenvalue weighted by molar-refractivity contribution is -0.136. The summed E-state index contributed by atoms with van der Waals surface area (Å²) in [7, 11) is 0. The summed E-state index contributed by atoms with van der Waals surface area (Å²) in [5.41, 5.74) is 3.97. The Morgan fingerprint density at radius 1 is 1.13 bits per heavy atom. The molecule has 2 aliphatic rings. The molecule has 4 rings (SSSR count). The number of nitriles is 1. The van der Waals surface area contributed by atoms with Crippen molar-refractivity contribution in [3.05, 3.63) is 59.7 Å². The minimum absolute atomic E-state index is 0.111. The van der Waals surface area contributed by atoms with E-state index in [4.69, 9.17) is 5.26 Å². The van der Waals surface area contributed by atoms with Gasteiger partial charge in [0.2, 0.25) is 5.91 Å². The summed E-state index contributed by atoms with van der Waals surface area (Å²) in [6.07, 6.45) is 2.62. The lowest BCUT2D eigenvalue weighted by Crippen LogP contribution is -2.67. The first-order valence-corrected chi connectivity index (χ1v) is 10.9. The molecule has 156 valence electrons. The van der Waals surface area contributed by atoms with Gasteiger partial charge in [0.1, 0.15) is 0 Å². The number of amides is 1. The largest absolute Gasteiger partial charge is 0.395 e. The molecule has 5 heteroatoms. The second kappa shape index (κ2) is 8.99. The van der Waals surface area contributed by atoms with Crippen LogP contribution in [0.5, 0.6) is 0 Å². The Bertz CT molecular complexity index is 934. The first kappa shape index (κ1) is 20.6. The third kappa shape index (κ3) is 3.86. The van der Waals surface area contributed by atoms with Gasteiger partial charge in [-0.15, -0.1) is 0 Å². The van der Waals surface area contributed by atoms with Crippen molar-refractivity contribution in [3.63, 3.8) is 0 Å². The fraction of sp³-hybridized carbons (Fsp3) is 0.440. The number of carbonyl (C=O) groups excluding carboxylic acids is 1. The number of benzene rings is 2. The summed E-state index contributed by atoms with van der Waals surface area (Å²) >= 11 is 0. The average Bonchev–Trinajstić information content (AvgIpc) is 2.78. The van der Waals surface area contributed by atoms with Crippen molar-refractivity contribution in [1.29, 1.82) is 5.26 Å². The lowest BCUT2D eigenvalue weighted by Gasteiger charge is -2.57. The van der Waals surface area contributed by atoms with E-state index in [2.05, 4.69) is 35.2 Å². The van der Waals surface area contributed by atoms with Crippen molar-refractivity contribution < 1.29 is 9.90 Å². The van der Waals surface area contributed by atoms with Crippen LogP contribution in [0.1, 0.15) is 43.2 Å². The van der Waals surface area contributed by atoms with Crippen LogP contribution < -0.4 is 0 Å². The Balaban J connectivity index is 1.58. The zero-order valence-corrected chi connectivity index (χ0v) is 17.5.